The second-order valence-electron chi connectivity index (χ2n) is 3.97. The minimum atomic E-state index is -0.0748. The van der Waals surface area contributed by atoms with E-state index >= 15 is 0 Å². The number of nitrogens with zero attached hydrogens (tertiary/aromatic N) is 2. The van der Waals surface area contributed by atoms with Crippen LogP contribution < -0.4 is 0 Å². The van der Waals surface area contributed by atoms with Crippen molar-refractivity contribution in [2.75, 3.05) is 40.0 Å². The van der Waals surface area contributed by atoms with E-state index in [1.54, 1.807) is 7.05 Å². The van der Waals surface area contributed by atoms with Crippen LogP contribution in [-0.4, -0.2) is 50.8 Å². The van der Waals surface area contributed by atoms with Gasteiger partial charge in [0.25, 0.3) is 0 Å². The molecule has 1 rings (SSSR count). The van der Waals surface area contributed by atoms with Crippen LogP contribution in [0.5, 0.6) is 0 Å². The highest BCUT2D eigenvalue weighted by Gasteiger charge is 2.16. The number of carbonyl (C=O) groups excluding carboxylic acids is 1. The van der Waals surface area contributed by atoms with Gasteiger partial charge in [0, 0.05) is 26.1 Å². The molecule has 0 N–H and O–H groups in total. The maximum atomic E-state index is 11.5. The van der Waals surface area contributed by atoms with Crippen molar-refractivity contribution in [2.24, 2.45) is 5.92 Å². The van der Waals surface area contributed by atoms with E-state index in [-0.39, 0.29) is 12.5 Å². The molecule has 0 aliphatic carbocycles. The summed E-state index contributed by atoms with van der Waals surface area (Å²) in [6, 6.07) is 2.00. The Morgan fingerprint density at radius 3 is 3.12 bits per heavy atom. The smallest absolute Gasteiger partial charge is 0.248 e. The zero-order valence-corrected chi connectivity index (χ0v) is 9.65. The van der Waals surface area contributed by atoms with Crippen LogP contribution in [0.1, 0.15) is 12.8 Å². The van der Waals surface area contributed by atoms with Gasteiger partial charge < -0.3 is 14.4 Å². The lowest BCUT2D eigenvalue weighted by molar-refractivity contribution is -0.135. The van der Waals surface area contributed by atoms with Gasteiger partial charge in [0.2, 0.25) is 5.91 Å². The summed E-state index contributed by atoms with van der Waals surface area (Å²) >= 11 is 0. The molecule has 1 saturated heterocycles. The molecule has 0 bridgehead atoms. The Kier molecular flexibility index (Phi) is 5.83. The highest BCUT2D eigenvalue weighted by molar-refractivity contribution is 5.77. The van der Waals surface area contributed by atoms with Gasteiger partial charge in [-0.3, -0.25) is 4.79 Å². The summed E-state index contributed by atoms with van der Waals surface area (Å²) in [5.41, 5.74) is 0. The lowest BCUT2D eigenvalue weighted by atomic mass is 10.1. The molecular formula is C11H18N2O3. The molecule has 0 aromatic carbocycles. The summed E-state index contributed by atoms with van der Waals surface area (Å²) in [4.78, 5) is 13.0. The Morgan fingerprint density at radius 1 is 1.69 bits per heavy atom. The van der Waals surface area contributed by atoms with Crippen molar-refractivity contribution >= 4 is 5.91 Å². The minimum absolute atomic E-state index is 0.0748. The van der Waals surface area contributed by atoms with Gasteiger partial charge in [-0.15, -0.1) is 0 Å². The normalized spacial score (nSPS) is 19.4. The highest BCUT2D eigenvalue weighted by Crippen LogP contribution is 2.12. The van der Waals surface area contributed by atoms with Crippen LogP contribution in [0.4, 0.5) is 0 Å². The van der Waals surface area contributed by atoms with E-state index < -0.39 is 0 Å². The van der Waals surface area contributed by atoms with Crippen LogP contribution in [0.15, 0.2) is 0 Å². The van der Waals surface area contributed by atoms with Crippen molar-refractivity contribution in [1.82, 2.24) is 4.90 Å². The molecule has 90 valence electrons. The van der Waals surface area contributed by atoms with Crippen LogP contribution in [0.3, 0.4) is 0 Å². The molecule has 1 heterocycles. The number of ether oxygens (including phenoxy) is 2. The highest BCUT2D eigenvalue weighted by atomic mass is 16.5. The number of hydrogen-bond acceptors (Lipinski definition) is 4. The number of likely N-dealkylation sites (N-methyl/N-ethyl adjacent to an activating group) is 1. The zero-order chi connectivity index (χ0) is 11.8. The molecule has 5 nitrogen and oxygen atoms in total. The fraction of sp³-hybridized carbons (Fsp3) is 0.818. The fourth-order valence-electron chi connectivity index (χ4n) is 1.48. The lowest BCUT2D eigenvalue weighted by Crippen LogP contribution is -2.31. The molecule has 5 heteroatoms. The Morgan fingerprint density at radius 2 is 2.50 bits per heavy atom. The first-order valence-corrected chi connectivity index (χ1v) is 5.50. The van der Waals surface area contributed by atoms with E-state index in [1.165, 1.54) is 4.90 Å². The zero-order valence-electron chi connectivity index (χ0n) is 9.65. The van der Waals surface area contributed by atoms with Crippen molar-refractivity contribution in [3.63, 3.8) is 0 Å². The predicted octanol–water partition coefficient (Wildman–Crippen LogP) is 0.412. The quantitative estimate of drug-likeness (QED) is 0.658. The van der Waals surface area contributed by atoms with E-state index in [9.17, 15) is 4.79 Å². The first kappa shape index (κ1) is 12.9. The molecule has 1 aliphatic heterocycles. The van der Waals surface area contributed by atoms with Gasteiger partial charge in [-0.25, -0.2) is 0 Å². The average Bonchev–Trinajstić information content (AvgIpc) is 2.78. The maximum absolute atomic E-state index is 11.5. The number of rotatable bonds is 6. The number of nitriles is 1. The van der Waals surface area contributed by atoms with Crippen molar-refractivity contribution in [2.45, 2.75) is 12.8 Å². The lowest BCUT2D eigenvalue weighted by Gasteiger charge is -2.16. The van der Waals surface area contributed by atoms with Crippen molar-refractivity contribution in [1.29, 1.82) is 5.26 Å². The predicted molar refractivity (Wildman–Crippen MR) is 57.6 cm³/mol. The monoisotopic (exact) mass is 226 g/mol. The third-order valence-electron chi connectivity index (χ3n) is 2.59. The molecule has 1 fully saturated rings. The van der Waals surface area contributed by atoms with Gasteiger partial charge in [0.15, 0.2) is 0 Å². The second kappa shape index (κ2) is 7.20. The number of carbonyl (C=O) groups is 1. The van der Waals surface area contributed by atoms with Crippen LogP contribution in [0.25, 0.3) is 0 Å². The number of amides is 1. The molecule has 16 heavy (non-hydrogen) atoms. The Hall–Kier alpha value is -1.12. The molecule has 1 amide bonds. The molecule has 1 unspecified atom stereocenters. The third kappa shape index (κ3) is 4.60. The van der Waals surface area contributed by atoms with E-state index in [4.69, 9.17) is 14.7 Å². The second-order valence-corrected chi connectivity index (χ2v) is 3.97. The Bertz CT molecular complexity index is 256. The van der Waals surface area contributed by atoms with Crippen LogP contribution in [0.2, 0.25) is 0 Å². The minimum Gasteiger partial charge on any atom is -0.381 e. The summed E-state index contributed by atoms with van der Waals surface area (Å²) in [6.45, 7) is 2.67. The summed E-state index contributed by atoms with van der Waals surface area (Å²) in [6.07, 6.45) is 1.37. The van der Waals surface area contributed by atoms with Gasteiger partial charge in [-0.2, -0.15) is 5.26 Å². The average molecular weight is 226 g/mol. The SMILES string of the molecule is CN(CCC#N)C(=O)COCC1CCOC1. The van der Waals surface area contributed by atoms with E-state index in [1.807, 2.05) is 6.07 Å². The van der Waals surface area contributed by atoms with Gasteiger partial charge in [0.05, 0.1) is 25.7 Å². The fourth-order valence-corrected chi connectivity index (χ4v) is 1.48. The summed E-state index contributed by atoms with van der Waals surface area (Å²) in [5.74, 6) is 0.353. The molecule has 0 aromatic heterocycles. The molecule has 0 saturated carbocycles. The first-order chi connectivity index (χ1) is 7.74. The molecule has 1 atom stereocenters. The Labute approximate surface area is 95.9 Å². The maximum Gasteiger partial charge on any atom is 0.248 e. The molecule has 0 aromatic rings. The van der Waals surface area contributed by atoms with E-state index in [0.29, 0.717) is 25.5 Å². The van der Waals surface area contributed by atoms with Crippen LogP contribution in [0, 0.1) is 17.2 Å². The molecule has 1 aliphatic rings. The topological polar surface area (TPSA) is 62.6 Å². The van der Waals surface area contributed by atoms with Crippen molar-refractivity contribution in [3.05, 3.63) is 0 Å². The van der Waals surface area contributed by atoms with Crippen LogP contribution >= 0.6 is 0 Å². The van der Waals surface area contributed by atoms with Gasteiger partial charge in [-0.1, -0.05) is 0 Å². The van der Waals surface area contributed by atoms with E-state index in [2.05, 4.69) is 0 Å². The van der Waals surface area contributed by atoms with Crippen molar-refractivity contribution in [3.8, 4) is 6.07 Å². The molecule has 0 radical (unpaired) electrons. The third-order valence-corrected chi connectivity index (χ3v) is 2.59. The molecular weight excluding hydrogens is 208 g/mol. The van der Waals surface area contributed by atoms with Gasteiger partial charge in [-0.05, 0) is 6.42 Å². The largest absolute Gasteiger partial charge is 0.381 e. The number of hydrogen-bond donors (Lipinski definition) is 0. The van der Waals surface area contributed by atoms with E-state index in [0.717, 1.165) is 19.6 Å². The van der Waals surface area contributed by atoms with Gasteiger partial charge >= 0.3 is 0 Å². The van der Waals surface area contributed by atoms with Crippen LogP contribution in [-0.2, 0) is 14.3 Å². The summed E-state index contributed by atoms with van der Waals surface area (Å²) < 4.78 is 10.5. The standard InChI is InChI=1S/C11H18N2O3/c1-13(5-2-4-12)11(14)9-16-8-10-3-6-15-7-10/h10H,2-3,5-9H2,1H3. The summed E-state index contributed by atoms with van der Waals surface area (Å²) in [7, 11) is 1.68. The van der Waals surface area contributed by atoms with Gasteiger partial charge in [0.1, 0.15) is 6.61 Å². The Balaban J connectivity index is 2.07. The van der Waals surface area contributed by atoms with Crippen molar-refractivity contribution < 1.29 is 14.3 Å². The molecule has 0 spiro atoms. The first-order valence-electron chi connectivity index (χ1n) is 5.50. The summed E-state index contributed by atoms with van der Waals surface area (Å²) in [5, 5.41) is 8.38.